The van der Waals surface area contributed by atoms with Crippen LogP contribution in [0.25, 0.3) is 0 Å². The highest BCUT2D eigenvalue weighted by molar-refractivity contribution is 8.01. The first kappa shape index (κ1) is 20.6. The lowest BCUT2D eigenvalue weighted by atomic mass is 10.1. The molecule has 1 saturated carbocycles. The second-order valence-electron chi connectivity index (χ2n) is 6.77. The molecule has 9 heteroatoms. The summed E-state index contributed by atoms with van der Waals surface area (Å²) in [6.45, 7) is 2.13. The van der Waals surface area contributed by atoms with Crippen molar-refractivity contribution < 1.29 is 19.1 Å². The number of hydrogen-bond acceptors (Lipinski definition) is 5. The van der Waals surface area contributed by atoms with Gasteiger partial charge in [-0.05, 0) is 37.3 Å². The standard InChI is InChI=1S/C19H22FN3O3S2/c1-12-5-4-8-14(17(12)20)23(10-13-6-2-3-7-13)19(26)22-18-21-9-16(28-18)27-11-15(24)25/h4-5,8-9,13H,2-3,6-7,10-11H2,1H3,(H,24,25)(H,21,22,26). The number of hydrogen-bond donors (Lipinski definition) is 2. The number of nitrogens with one attached hydrogen (secondary N) is 1. The van der Waals surface area contributed by atoms with E-state index in [4.69, 9.17) is 5.11 Å². The molecule has 28 heavy (non-hydrogen) atoms. The van der Waals surface area contributed by atoms with E-state index in [0.717, 1.165) is 37.4 Å². The topological polar surface area (TPSA) is 82.5 Å². The molecule has 0 atom stereocenters. The van der Waals surface area contributed by atoms with Crippen LogP contribution in [0.15, 0.2) is 28.6 Å². The van der Waals surface area contributed by atoms with Crippen LogP contribution in [0, 0.1) is 18.7 Å². The number of carbonyl (C=O) groups excluding carboxylic acids is 1. The van der Waals surface area contributed by atoms with Gasteiger partial charge < -0.3 is 5.11 Å². The summed E-state index contributed by atoms with van der Waals surface area (Å²) in [5, 5.41) is 11.9. The van der Waals surface area contributed by atoms with Crippen LogP contribution < -0.4 is 10.2 Å². The molecule has 0 bridgehead atoms. The molecule has 2 aromatic rings. The van der Waals surface area contributed by atoms with Crippen LogP contribution in [-0.4, -0.2) is 34.4 Å². The van der Waals surface area contributed by atoms with E-state index < -0.39 is 17.8 Å². The first-order chi connectivity index (χ1) is 13.4. The fraction of sp³-hybridized carbons (Fsp3) is 0.421. The van der Waals surface area contributed by atoms with Crippen molar-refractivity contribution in [3.8, 4) is 0 Å². The highest BCUT2D eigenvalue weighted by Crippen LogP contribution is 2.31. The van der Waals surface area contributed by atoms with E-state index in [9.17, 15) is 14.0 Å². The summed E-state index contributed by atoms with van der Waals surface area (Å²) in [5.41, 5.74) is 0.754. The smallest absolute Gasteiger partial charge is 0.328 e. The lowest BCUT2D eigenvalue weighted by molar-refractivity contribution is -0.133. The zero-order valence-corrected chi connectivity index (χ0v) is 17.1. The average molecular weight is 424 g/mol. The molecule has 150 valence electrons. The molecule has 1 aliphatic rings. The Bertz CT molecular complexity index is 853. The van der Waals surface area contributed by atoms with Gasteiger partial charge in [-0.3, -0.25) is 15.0 Å². The Hall–Kier alpha value is -2.13. The molecule has 1 fully saturated rings. The van der Waals surface area contributed by atoms with Gasteiger partial charge in [-0.2, -0.15) is 0 Å². The number of anilines is 2. The van der Waals surface area contributed by atoms with Crippen LogP contribution in [0.4, 0.5) is 20.0 Å². The number of carboxylic acids is 1. The molecule has 0 aliphatic heterocycles. The molecule has 2 N–H and O–H groups in total. The maximum Gasteiger partial charge on any atom is 0.328 e. The van der Waals surface area contributed by atoms with Crippen molar-refractivity contribution in [2.24, 2.45) is 5.92 Å². The third kappa shape index (κ3) is 5.23. The Labute approximate surface area is 171 Å². The van der Waals surface area contributed by atoms with Crippen molar-refractivity contribution in [3.05, 3.63) is 35.8 Å². The minimum atomic E-state index is -0.915. The highest BCUT2D eigenvalue weighted by atomic mass is 32.2. The van der Waals surface area contributed by atoms with Gasteiger partial charge in [-0.25, -0.2) is 14.2 Å². The summed E-state index contributed by atoms with van der Waals surface area (Å²) >= 11 is 2.35. The zero-order chi connectivity index (χ0) is 20.1. The number of halogens is 1. The molecule has 6 nitrogen and oxygen atoms in total. The number of carboxylic acid groups (broad SMARTS) is 1. The van der Waals surface area contributed by atoms with Gasteiger partial charge in [0.05, 0.1) is 21.8 Å². The maximum atomic E-state index is 14.7. The van der Waals surface area contributed by atoms with Crippen LogP contribution >= 0.6 is 23.1 Å². The van der Waals surface area contributed by atoms with Gasteiger partial charge in [0.2, 0.25) is 0 Å². The number of amides is 2. The Kier molecular flexibility index (Phi) is 6.90. The summed E-state index contributed by atoms with van der Waals surface area (Å²) in [7, 11) is 0. The fourth-order valence-electron chi connectivity index (χ4n) is 3.26. The van der Waals surface area contributed by atoms with Crippen LogP contribution in [0.3, 0.4) is 0 Å². The van der Waals surface area contributed by atoms with Gasteiger partial charge in [-0.15, -0.1) is 11.8 Å². The monoisotopic (exact) mass is 423 g/mol. The second kappa shape index (κ2) is 9.38. The molecular weight excluding hydrogens is 401 g/mol. The number of nitrogens with zero attached hydrogens (tertiary/aromatic N) is 2. The normalized spacial score (nSPS) is 14.2. The summed E-state index contributed by atoms with van der Waals surface area (Å²) < 4.78 is 15.4. The Morgan fingerprint density at radius 1 is 1.39 bits per heavy atom. The van der Waals surface area contributed by atoms with Gasteiger partial charge in [0.25, 0.3) is 0 Å². The van der Waals surface area contributed by atoms with Crippen LogP contribution in [0.1, 0.15) is 31.2 Å². The van der Waals surface area contributed by atoms with E-state index in [-0.39, 0.29) is 11.4 Å². The molecule has 1 aliphatic carbocycles. The number of benzene rings is 1. The lowest BCUT2D eigenvalue weighted by Crippen LogP contribution is -2.39. The van der Waals surface area contributed by atoms with E-state index in [0.29, 0.717) is 27.4 Å². The van der Waals surface area contributed by atoms with Crippen LogP contribution in [-0.2, 0) is 4.79 Å². The summed E-state index contributed by atoms with van der Waals surface area (Å²) in [6, 6.07) is 4.61. The van der Waals surface area contributed by atoms with Crippen molar-refractivity contribution in [1.29, 1.82) is 0 Å². The van der Waals surface area contributed by atoms with E-state index in [1.165, 1.54) is 22.4 Å². The fourth-order valence-corrected chi connectivity index (χ4v) is 4.84. The van der Waals surface area contributed by atoms with Gasteiger partial charge in [0.15, 0.2) is 5.13 Å². The molecule has 2 amide bonds. The summed E-state index contributed by atoms with van der Waals surface area (Å²) in [5.74, 6) is -1.03. The number of rotatable bonds is 7. The predicted molar refractivity (Wildman–Crippen MR) is 110 cm³/mol. The quantitative estimate of drug-likeness (QED) is 0.613. The Morgan fingerprint density at radius 3 is 2.86 bits per heavy atom. The van der Waals surface area contributed by atoms with E-state index in [2.05, 4.69) is 10.3 Å². The molecule has 3 rings (SSSR count). The van der Waals surface area contributed by atoms with Gasteiger partial charge >= 0.3 is 12.0 Å². The Morgan fingerprint density at radius 2 is 2.14 bits per heavy atom. The molecule has 1 aromatic heterocycles. The molecule has 0 unspecified atom stereocenters. The van der Waals surface area contributed by atoms with E-state index in [1.807, 2.05) is 0 Å². The Balaban J connectivity index is 1.76. The maximum absolute atomic E-state index is 14.7. The number of urea groups is 1. The highest BCUT2D eigenvalue weighted by Gasteiger charge is 2.26. The van der Waals surface area contributed by atoms with Crippen molar-refractivity contribution in [1.82, 2.24) is 4.98 Å². The van der Waals surface area contributed by atoms with Gasteiger partial charge in [-0.1, -0.05) is 36.3 Å². The van der Waals surface area contributed by atoms with Crippen molar-refractivity contribution >= 4 is 45.9 Å². The van der Waals surface area contributed by atoms with Crippen LogP contribution in [0.2, 0.25) is 0 Å². The van der Waals surface area contributed by atoms with Crippen molar-refractivity contribution in [2.75, 3.05) is 22.5 Å². The number of aliphatic carboxylic acids is 1. The number of aryl methyl sites for hydroxylation is 1. The number of thioether (sulfide) groups is 1. The van der Waals surface area contributed by atoms with E-state index in [1.54, 1.807) is 25.1 Å². The third-order valence-electron chi connectivity index (χ3n) is 4.66. The van der Waals surface area contributed by atoms with Crippen molar-refractivity contribution in [2.45, 2.75) is 36.8 Å². The van der Waals surface area contributed by atoms with Crippen LogP contribution in [0.5, 0.6) is 0 Å². The minimum absolute atomic E-state index is 0.0715. The SMILES string of the molecule is Cc1cccc(N(CC2CCCC2)C(=O)Nc2ncc(SCC(=O)O)s2)c1F. The molecule has 1 heterocycles. The first-order valence-electron chi connectivity index (χ1n) is 9.08. The summed E-state index contributed by atoms with van der Waals surface area (Å²) in [6.07, 6.45) is 5.86. The molecule has 1 aromatic carbocycles. The lowest BCUT2D eigenvalue weighted by Gasteiger charge is -2.26. The second-order valence-corrected chi connectivity index (χ2v) is 9.07. The number of carbonyl (C=O) groups is 2. The number of aromatic nitrogens is 1. The van der Waals surface area contributed by atoms with Gasteiger partial charge in [0, 0.05) is 6.54 Å². The minimum Gasteiger partial charge on any atom is -0.481 e. The molecule has 0 radical (unpaired) electrons. The largest absolute Gasteiger partial charge is 0.481 e. The van der Waals surface area contributed by atoms with Gasteiger partial charge in [0.1, 0.15) is 5.82 Å². The zero-order valence-electron chi connectivity index (χ0n) is 15.5. The summed E-state index contributed by atoms with van der Waals surface area (Å²) in [4.78, 5) is 29.2. The predicted octanol–water partition coefficient (Wildman–Crippen LogP) is 5.00. The third-order valence-corrected chi connectivity index (χ3v) is 6.75. The van der Waals surface area contributed by atoms with Crippen molar-refractivity contribution in [3.63, 3.8) is 0 Å². The molecular formula is C19H22FN3O3S2. The average Bonchev–Trinajstić information content (AvgIpc) is 3.32. The van der Waals surface area contributed by atoms with E-state index >= 15 is 0 Å². The molecule has 0 saturated heterocycles. The first-order valence-corrected chi connectivity index (χ1v) is 10.9. The molecule has 0 spiro atoms. The number of thiazole rings is 1.